The standard InChI is InChI=1S/C16H21N3O3/c1-3-22-16(21)18-9-7-12(8-10-18)19-13-6-4-5-11(2)14(13)17-15(19)20/h4-6,12H,3,7-10H2,1-2H3,(H,17,20). The number of aryl methyl sites for hydroxylation is 1. The molecule has 0 unspecified atom stereocenters. The molecule has 1 aliphatic rings. The van der Waals surface area contributed by atoms with Gasteiger partial charge in [0, 0.05) is 19.1 Å². The molecule has 118 valence electrons. The summed E-state index contributed by atoms with van der Waals surface area (Å²) in [5.74, 6) is 0. The first-order valence-corrected chi connectivity index (χ1v) is 7.73. The second-order valence-electron chi connectivity index (χ2n) is 5.69. The molecular formula is C16H21N3O3. The van der Waals surface area contributed by atoms with Crippen LogP contribution in [0.1, 0.15) is 31.4 Å². The number of carbonyl (C=O) groups excluding carboxylic acids is 1. The van der Waals surface area contributed by atoms with Crippen LogP contribution in [-0.4, -0.2) is 40.2 Å². The van der Waals surface area contributed by atoms with Gasteiger partial charge in [-0.3, -0.25) is 4.57 Å². The first-order chi connectivity index (χ1) is 10.6. The number of fused-ring (bicyclic) bond motifs is 1. The van der Waals surface area contributed by atoms with E-state index in [2.05, 4.69) is 4.98 Å². The molecule has 1 aliphatic heterocycles. The molecule has 6 heteroatoms. The maximum Gasteiger partial charge on any atom is 0.409 e. The Hall–Kier alpha value is -2.24. The van der Waals surface area contributed by atoms with Gasteiger partial charge in [-0.1, -0.05) is 12.1 Å². The quantitative estimate of drug-likeness (QED) is 0.926. The SMILES string of the molecule is CCOC(=O)N1CCC(n2c(=O)[nH]c3c(C)cccc32)CC1. The lowest BCUT2D eigenvalue weighted by Gasteiger charge is -2.31. The second-order valence-corrected chi connectivity index (χ2v) is 5.69. The number of rotatable bonds is 2. The normalized spacial score (nSPS) is 16.2. The van der Waals surface area contributed by atoms with Crippen molar-refractivity contribution in [1.29, 1.82) is 0 Å². The fourth-order valence-corrected chi connectivity index (χ4v) is 3.18. The van der Waals surface area contributed by atoms with Gasteiger partial charge in [-0.2, -0.15) is 0 Å². The minimum atomic E-state index is -0.261. The van der Waals surface area contributed by atoms with E-state index in [-0.39, 0.29) is 17.8 Å². The molecule has 3 rings (SSSR count). The Labute approximate surface area is 128 Å². The van der Waals surface area contributed by atoms with Gasteiger partial charge in [-0.05, 0) is 38.3 Å². The summed E-state index contributed by atoms with van der Waals surface area (Å²) in [5.41, 5.74) is 2.84. The zero-order valence-corrected chi connectivity index (χ0v) is 13.0. The number of aromatic amines is 1. The van der Waals surface area contributed by atoms with Gasteiger partial charge in [-0.25, -0.2) is 9.59 Å². The van der Waals surface area contributed by atoms with E-state index in [0.717, 1.165) is 29.4 Å². The highest BCUT2D eigenvalue weighted by Gasteiger charge is 2.26. The number of nitrogens with zero attached hydrogens (tertiary/aromatic N) is 2. The Morgan fingerprint density at radius 3 is 2.77 bits per heavy atom. The van der Waals surface area contributed by atoms with E-state index in [1.165, 1.54) is 0 Å². The number of hydrogen-bond acceptors (Lipinski definition) is 3. The molecular weight excluding hydrogens is 282 g/mol. The Morgan fingerprint density at radius 2 is 2.09 bits per heavy atom. The van der Waals surface area contributed by atoms with Gasteiger partial charge < -0.3 is 14.6 Å². The van der Waals surface area contributed by atoms with Crippen molar-refractivity contribution >= 4 is 17.1 Å². The second kappa shape index (κ2) is 5.87. The number of hydrogen-bond donors (Lipinski definition) is 1. The number of aromatic nitrogens is 2. The average molecular weight is 303 g/mol. The molecule has 1 N–H and O–H groups in total. The Bertz CT molecular complexity index is 739. The van der Waals surface area contributed by atoms with Crippen molar-refractivity contribution in [1.82, 2.24) is 14.5 Å². The number of imidazole rings is 1. The number of amides is 1. The van der Waals surface area contributed by atoms with E-state index in [0.29, 0.717) is 19.7 Å². The molecule has 0 saturated carbocycles. The Balaban J connectivity index is 1.83. The number of piperidine rings is 1. The van der Waals surface area contributed by atoms with Crippen LogP contribution in [-0.2, 0) is 4.74 Å². The lowest BCUT2D eigenvalue weighted by Crippen LogP contribution is -2.40. The van der Waals surface area contributed by atoms with E-state index in [1.54, 1.807) is 11.8 Å². The zero-order chi connectivity index (χ0) is 15.7. The fraction of sp³-hybridized carbons (Fsp3) is 0.500. The number of para-hydroxylation sites is 1. The van der Waals surface area contributed by atoms with Gasteiger partial charge in [0.1, 0.15) is 0 Å². The average Bonchev–Trinajstić information content (AvgIpc) is 2.85. The minimum absolute atomic E-state index is 0.0705. The van der Waals surface area contributed by atoms with Crippen molar-refractivity contribution in [3.63, 3.8) is 0 Å². The maximum atomic E-state index is 12.3. The molecule has 0 bridgehead atoms. The largest absolute Gasteiger partial charge is 0.450 e. The van der Waals surface area contributed by atoms with Crippen molar-refractivity contribution in [2.75, 3.05) is 19.7 Å². The third kappa shape index (κ3) is 2.49. The van der Waals surface area contributed by atoms with E-state index >= 15 is 0 Å². The topological polar surface area (TPSA) is 67.3 Å². The molecule has 0 radical (unpaired) electrons. The summed E-state index contributed by atoms with van der Waals surface area (Å²) in [6.45, 7) is 5.42. The highest BCUT2D eigenvalue weighted by molar-refractivity contribution is 5.78. The number of likely N-dealkylation sites (tertiary alicyclic amines) is 1. The van der Waals surface area contributed by atoms with Crippen LogP contribution in [0.5, 0.6) is 0 Å². The number of H-pyrrole nitrogens is 1. The van der Waals surface area contributed by atoms with Crippen molar-refractivity contribution < 1.29 is 9.53 Å². The van der Waals surface area contributed by atoms with Gasteiger partial charge in [0.15, 0.2) is 0 Å². The predicted octanol–water partition coefficient (Wildman–Crippen LogP) is 2.43. The molecule has 0 aliphatic carbocycles. The first kappa shape index (κ1) is 14.7. The summed E-state index contributed by atoms with van der Waals surface area (Å²) in [7, 11) is 0. The smallest absolute Gasteiger partial charge is 0.409 e. The van der Waals surface area contributed by atoms with Crippen molar-refractivity contribution in [2.45, 2.75) is 32.7 Å². The summed E-state index contributed by atoms with van der Waals surface area (Å²) in [6, 6.07) is 6.05. The number of nitrogens with one attached hydrogen (secondary N) is 1. The zero-order valence-electron chi connectivity index (χ0n) is 13.0. The molecule has 2 aromatic rings. The van der Waals surface area contributed by atoms with Crippen LogP contribution in [0.3, 0.4) is 0 Å². The van der Waals surface area contributed by atoms with Gasteiger partial charge in [-0.15, -0.1) is 0 Å². The van der Waals surface area contributed by atoms with Crippen LogP contribution < -0.4 is 5.69 Å². The lowest BCUT2D eigenvalue weighted by molar-refractivity contribution is 0.0928. The highest BCUT2D eigenvalue weighted by Crippen LogP contribution is 2.26. The fourth-order valence-electron chi connectivity index (χ4n) is 3.18. The molecule has 1 fully saturated rings. The van der Waals surface area contributed by atoms with Crippen LogP contribution in [0.25, 0.3) is 11.0 Å². The van der Waals surface area contributed by atoms with Crippen LogP contribution in [0.4, 0.5) is 4.79 Å². The first-order valence-electron chi connectivity index (χ1n) is 7.73. The molecule has 1 saturated heterocycles. The molecule has 22 heavy (non-hydrogen) atoms. The summed E-state index contributed by atoms with van der Waals surface area (Å²) in [4.78, 5) is 28.7. The van der Waals surface area contributed by atoms with Gasteiger partial charge in [0.25, 0.3) is 0 Å². The molecule has 2 heterocycles. The highest BCUT2D eigenvalue weighted by atomic mass is 16.6. The Kier molecular flexibility index (Phi) is 3.92. The number of benzene rings is 1. The maximum absolute atomic E-state index is 12.3. The van der Waals surface area contributed by atoms with E-state index < -0.39 is 0 Å². The summed E-state index contributed by atoms with van der Waals surface area (Å²) >= 11 is 0. The van der Waals surface area contributed by atoms with Crippen LogP contribution in [0.15, 0.2) is 23.0 Å². The van der Waals surface area contributed by atoms with Gasteiger partial charge in [0.05, 0.1) is 17.6 Å². The molecule has 0 atom stereocenters. The van der Waals surface area contributed by atoms with Crippen LogP contribution in [0.2, 0.25) is 0 Å². The van der Waals surface area contributed by atoms with Crippen molar-refractivity contribution in [3.8, 4) is 0 Å². The molecule has 1 amide bonds. The van der Waals surface area contributed by atoms with E-state index in [9.17, 15) is 9.59 Å². The minimum Gasteiger partial charge on any atom is -0.450 e. The monoisotopic (exact) mass is 303 g/mol. The van der Waals surface area contributed by atoms with E-state index in [1.807, 2.05) is 29.7 Å². The van der Waals surface area contributed by atoms with Crippen molar-refractivity contribution in [3.05, 3.63) is 34.2 Å². The van der Waals surface area contributed by atoms with E-state index in [4.69, 9.17) is 4.74 Å². The molecule has 6 nitrogen and oxygen atoms in total. The number of ether oxygens (including phenoxy) is 1. The number of carbonyl (C=O) groups is 1. The summed E-state index contributed by atoms with van der Waals surface area (Å²) < 4.78 is 6.87. The summed E-state index contributed by atoms with van der Waals surface area (Å²) in [6.07, 6.45) is 1.27. The van der Waals surface area contributed by atoms with Crippen LogP contribution >= 0.6 is 0 Å². The van der Waals surface area contributed by atoms with Crippen molar-refractivity contribution in [2.24, 2.45) is 0 Å². The molecule has 1 aromatic carbocycles. The van der Waals surface area contributed by atoms with Crippen LogP contribution in [0, 0.1) is 6.92 Å². The summed E-state index contributed by atoms with van der Waals surface area (Å²) in [5, 5.41) is 0. The lowest BCUT2D eigenvalue weighted by atomic mass is 10.0. The third-order valence-electron chi connectivity index (χ3n) is 4.32. The predicted molar refractivity (Wildman–Crippen MR) is 84.2 cm³/mol. The van der Waals surface area contributed by atoms with Gasteiger partial charge in [0.2, 0.25) is 0 Å². The molecule has 0 spiro atoms. The Morgan fingerprint density at radius 1 is 1.36 bits per heavy atom. The third-order valence-corrected chi connectivity index (χ3v) is 4.32. The molecule has 1 aromatic heterocycles. The van der Waals surface area contributed by atoms with Gasteiger partial charge >= 0.3 is 11.8 Å².